The van der Waals surface area contributed by atoms with Crippen LogP contribution in [0.2, 0.25) is 10.0 Å². The first-order chi connectivity index (χ1) is 16.4. The van der Waals surface area contributed by atoms with Crippen molar-refractivity contribution in [1.82, 2.24) is 5.32 Å². The van der Waals surface area contributed by atoms with Gasteiger partial charge in [0.15, 0.2) is 0 Å². The molecule has 6 nitrogen and oxygen atoms in total. The molecule has 1 aliphatic heterocycles. The van der Waals surface area contributed by atoms with Crippen molar-refractivity contribution >= 4 is 52.3 Å². The molecule has 0 radical (unpaired) electrons. The molecule has 1 heterocycles. The smallest absolute Gasteiger partial charge is 0.253 e. The average Bonchev–Trinajstić information content (AvgIpc) is 3.23. The molecular formula is C26H23Cl2N3O3. The second kappa shape index (κ2) is 10.7. The molecule has 8 heteroatoms. The maximum absolute atomic E-state index is 13.0. The van der Waals surface area contributed by atoms with Crippen LogP contribution in [0.1, 0.15) is 22.3 Å². The van der Waals surface area contributed by atoms with Crippen molar-refractivity contribution in [3.8, 4) is 0 Å². The number of nitrogens with zero attached hydrogens (tertiary/aromatic N) is 1. The molecule has 0 aromatic heterocycles. The van der Waals surface area contributed by atoms with E-state index in [-0.39, 0.29) is 35.7 Å². The molecule has 0 saturated carbocycles. The van der Waals surface area contributed by atoms with Gasteiger partial charge in [0, 0.05) is 19.5 Å². The first kappa shape index (κ1) is 23.8. The molecule has 34 heavy (non-hydrogen) atoms. The van der Waals surface area contributed by atoms with E-state index >= 15 is 0 Å². The lowest BCUT2D eigenvalue weighted by Gasteiger charge is -2.19. The fourth-order valence-electron chi connectivity index (χ4n) is 3.90. The van der Waals surface area contributed by atoms with Crippen molar-refractivity contribution in [3.63, 3.8) is 0 Å². The van der Waals surface area contributed by atoms with E-state index in [1.54, 1.807) is 42.5 Å². The van der Waals surface area contributed by atoms with Crippen LogP contribution in [0.4, 0.5) is 11.4 Å². The van der Waals surface area contributed by atoms with Gasteiger partial charge in [-0.2, -0.15) is 0 Å². The number of rotatable bonds is 7. The molecule has 2 N–H and O–H groups in total. The molecule has 1 saturated heterocycles. The highest BCUT2D eigenvalue weighted by molar-refractivity contribution is 6.44. The van der Waals surface area contributed by atoms with Gasteiger partial charge >= 0.3 is 0 Å². The Morgan fingerprint density at radius 1 is 0.941 bits per heavy atom. The van der Waals surface area contributed by atoms with Crippen LogP contribution in [0.15, 0.2) is 72.8 Å². The van der Waals surface area contributed by atoms with Gasteiger partial charge in [-0.1, -0.05) is 71.7 Å². The minimum Gasteiger partial charge on any atom is -0.352 e. The molecule has 0 unspecified atom stereocenters. The maximum atomic E-state index is 13.0. The number of hydrogen-bond donors (Lipinski definition) is 2. The summed E-state index contributed by atoms with van der Waals surface area (Å²) in [6.07, 6.45) is 0.743. The van der Waals surface area contributed by atoms with Gasteiger partial charge in [-0.15, -0.1) is 0 Å². The zero-order valence-corrected chi connectivity index (χ0v) is 19.8. The standard InChI is InChI=1S/C26H23Cl2N3O3/c27-20-10-6-12-22(24(20)28)31-16-18(15-23(31)32)25(33)30-21-11-5-4-9-19(21)26(34)29-14-13-17-7-2-1-3-8-17/h1-12,18H,13-16H2,(H,29,34)(H,30,33)/t18-/m0/s1. The van der Waals surface area contributed by atoms with Crippen molar-refractivity contribution in [3.05, 3.63) is 94.0 Å². The third-order valence-electron chi connectivity index (χ3n) is 5.69. The average molecular weight is 496 g/mol. The van der Waals surface area contributed by atoms with Crippen LogP contribution in [0.5, 0.6) is 0 Å². The van der Waals surface area contributed by atoms with Gasteiger partial charge in [0.2, 0.25) is 11.8 Å². The fourth-order valence-corrected chi connectivity index (χ4v) is 4.30. The van der Waals surface area contributed by atoms with Crippen molar-refractivity contribution in [2.24, 2.45) is 5.92 Å². The van der Waals surface area contributed by atoms with E-state index in [0.717, 1.165) is 5.56 Å². The van der Waals surface area contributed by atoms with Crippen LogP contribution in [0, 0.1) is 5.92 Å². The maximum Gasteiger partial charge on any atom is 0.253 e. The topological polar surface area (TPSA) is 78.5 Å². The Hall–Kier alpha value is -3.35. The van der Waals surface area contributed by atoms with Crippen LogP contribution in [0.3, 0.4) is 0 Å². The minimum atomic E-state index is -0.586. The zero-order valence-electron chi connectivity index (χ0n) is 18.3. The second-order valence-electron chi connectivity index (χ2n) is 8.00. The molecule has 0 bridgehead atoms. The number of hydrogen-bond acceptors (Lipinski definition) is 3. The normalized spacial score (nSPS) is 15.3. The molecular weight excluding hydrogens is 473 g/mol. The highest BCUT2D eigenvalue weighted by atomic mass is 35.5. The fraction of sp³-hybridized carbons (Fsp3) is 0.192. The van der Waals surface area contributed by atoms with E-state index in [4.69, 9.17) is 23.2 Å². The highest BCUT2D eigenvalue weighted by Gasteiger charge is 2.36. The third-order valence-corrected chi connectivity index (χ3v) is 6.50. The molecule has 1 aliphatic rings. The van der Waals surface area contributed by atoms with Crippen molar-refractivity contribution in [1.29, 1.82) is 0 Å². The van der Waals surface area contributed by atoms with Crippen LogP contribution >= 0.6 is 23.2 Å². The van der Waals surface area contributed by atoms with Gasteiger partial charge in [-0.05, 0) is 36.2 Å². The summed E-state index contributed by atoms with van der Waals surface area (Å²) in [6, 6.07) is 21.7. The number of benzene rings is 3. The first-order valence-electron chi connectivity index (χ1n) is 10.9. The van der Waals surface area contributed by atoms with E-state index in [2.05, 4.69) is 10.6 Å². The molecule has 1 fully saturated rings. The number of nitrogens with one attached hydrogen (secondary N) is 2. The predicted molar refractivity (Wildman–Crippen MR) is 134 cm³/mol. The van der Waals surface area contributed by atoms with Gasteiger partial charge in [-0.25, -0.2) is 0 Å². The van der Waals surface area contributed by atoms with E-state index in [0.29, 0.717) is 34.9 Å². The molecule has 0 aliphatic carbocycles. The molecule has 4 rings (SSSR count). The Morgan fingerprint density at radius 3 is 2.47 bits per heavy atom. The van der Waals surface area contributed by atoms with Crippen LogP contribution < -0.4 is 15.5 Å². The molecule has 3 aromatic rings. The van der Waals surface area contributed by atoms with Crippen LogP contribution in [-0.4, -0.2) is 30.8 Å². The van der Waals surface area contributed by atoms with Crippen LogP contribution in [0.25, 0.3) is 0 Å². The van der Waals surface area contributed by atoms with Gasteiger partial charge in [0.05, 0.1) is 32.9 Å². The Labute approximate surface area is 207 Å². The van der Waals surface area contributed by atoms with E-state index in [1.807, 2.05) is 30.3 Å². The number of halogens is 2. The summed E-state index contributed by atoms with van der Waals surface area (Å²) < 4.78 is 0. The highest BCUT2D eigenvalue weighted by Crippen LogP contribution is 2.36. The summed E-state index contributed by atoms with van der Waals surface area (Å²) in [5.74, 6) is -1.41. The van der Waals surface area contributed by atoms with Crippen LogP contribution in [-0.2, 0) is 16.0 Å². The second-order valence-corrected chi connectivity index (χ2v) is 8.79. The summed E-state index contributed by atoms with van der Waals surface area (Å²) in [6.45, 7) is 0.647. The molecule has 1 atom stereocenters. The minimum absolute atomic E-state index is 0.0418. The number of para-hydroxylation sites is 1. The van der Waals surface area contributed by atoms with Crippen molar-refractivity contribution in [2.75, 3.05) is 23.3 Å². The number of anilines is 2. The zero-order chi connectivity index (χ0) is 24.1. The monoisotopic (exact) mass is 495 g/mol. The van der Waals surface area contributed by atoms with Gasteiger partial charge < -0.3 is 15.5 Å². The molecule has 3 aromatic carbocycles. The third kappa shape index (κ3) is 5.41. The predicted octanol–water partition coefficient (Wildman–Crippen LogP) is 4.96. The largest absolute Gasteiger partial charge is 0.352 e. The number of carbonyl (C=O) groups excluding carboxylic acids is 3. The van der Waals surface area contributed by atoms with Crippen molar-refractivity contribution in [2.45, 2.75) is 12.8 Å². The summed E-state index contributed by atoms with van der Waals surface area (Å²) in [4.78, 5) is 39.8. The van der Waals surface area contributed by atoms with E-state index in [1.165, 1.54) is 4.90 Å². The summed E-state index contributed by atoms with van der Waals surface area (Å²) in [5, 5.41) is 6.33. The first-order valence-corrected chi connectivity index (χ1v) is 11.7. The van der Waals surface area contributed by atoms with Gasteiger partial charge in [0.1, 0.15) is 0 Å². The lowest BCUT2D eigenvalue weighted by atomic mass is 10.1. The molecule has 0 spiro atoms. The van der Waals surface area contributed by atoms with Crippen molar-refractivity contribution < 1.29 is 14.4 Å². The Morgan fingerprint density at radius 2 is 1.68 bits per heavy atom. The quantitative estimate of drug-likeness (QED) is 0.486. The Balaban J connectivity index is 1.40. The van der Waals surface area contributed by atoms with E-state index < -0.39 is 5.92 Å². The lowest BCUT2D eigenvalue weighted by molar-refractivity contribution is -0.122. The Bertz CT molecular complexity index is 1220. The summed E-state index contributed by atoms with van der Waals surface area (Å²) in [5.41, 5.74) is 2.37. The summed E-state index contributed by atoms with van der Waals surface area (Å²) in [7, 11) is 0. The van der Waals surface area contributed by atoms with Gasteiger partial charge in [0.25, 0.3) is 5.91 Å². The summed E-state index contributed by atoms with van der Waals surface area (Å²) >= 11 is 12.3. The Kier molecular flexibility index (Phi) is 7.50. The number of carbonyl (C=O) groups is 3. The van der Waals surface area contributed by atoms with E-state index in [9.17, 15) is 14.4 Å². The molecule has 3 amide bonds. The van der Waals surface area contributed by atoms with Gasteiger partial charge in [-0.3, -0.25) is 14.4 Å². The molecule has 174 valence electrons. The number of amides is 3. The SMILES string of the molecule is O=C(NCCc1ccccc1)c1ccccc1NC(=O)[C@H]1CC(=O)N(c2cccc(Cl)c2Cl)C1. The lowest BCUT2D eigenvalue weighted by Crippen LogP contribution is -2.30.